The van der Waals surface area contributed by atoms with Crippen molar-refractivity contribution in [3.63, 3.8) is 0 Å². The van der Waals surface area contributed by atoms with Crippen LogP contribution >= 0.6 is 27.5 Å². The minimum atomic E-state index is 0.645. The van der Waals surface area contributed by atoms with E-state index in [0.29, 0.717) is 4.73 Å². The number of rotatable bonds is 1. The molecule has 0 aliphatic heterocycles. The van der Waals surface area contributed by atoms with Gasteiger partial charge in [-0.3, -0.25) is 0 Å². The van der Waals surface area contributed by atoms with Gasteiger partial charge in [-0.25, -0.2) is 4.98 Å². The Labute approximate surface area is 82.6 Å². The molecule has 12 heavy (non-hydrogen) atoms. The van der Waals surface area contributed by atoms with E-state index >= 15 is 0 Å². The topological polar surface area (TPSA) is 25.8 Å². The number of halogens is 1. The fraction of sp³-hybridized carbons (Fsp3) is 0. The molecule has 0 saturated carbocycles. The second-order valence-corrected chi connectivity index (χ2v) is 3.62. The van der Waals surface area contributed by atoms with Crippen LogP contribution in [0.3, 0.4) is 0 Å². The van der Waals surface area contributed by atoms with Gasteiger partial charge in [0.25, 0.3) is 0 Å². The van der Waals surface area contributed by atoms with Crippen molar-refractivity contribution in [3.05, 3.63) is 35.1 Å². The highest BCUT2D eigenvalue weighted by Gasteiger charge is 2.02. The highest BCUT2D eigenvalue weighted by atomic mass is 79.9. The molecule has 0 atom stereocenters. The number of hydrogen-bond donors (Lipinski definition) is 0. The first-order chi connectivity index (χ1) is 5.86. The van der Waals surface area contributed by atoms with E-state index in [4.69, 9.17) is 0 Å². The average Bonchev–Trinajstić information content (AvgIpc) is 2.54. The summed E-state index contributed by atoms with van der Waals surface area (Å²) in [6, 6.07) is 10.7. The third-order valence-corrected chi connectivity index (χ3v) is 2.71. The maximum Gasteiger partial charge on any atom is 0.209 e. The lowest BCUT2D eigenvalue weighted by Crippen LogP contribution is -1.73. The van der Waals surface area contributed by atoms with Gasteiger partial charge in [0.15, 0.2) is 0 Å². The second-order valence-electron chi connectivity index (χ2n) is 2.16. The molecular weight excluding hydrogens is 236 g/mol. The Hall–Kier alpha value is -0.740. The largest absolute Gasteiger partial charge is 0.209 e. The molecule has 4 heteroatoms. The van der Waals surface area contributed by atoms with Crippen molar-refractivity contribution in [3.8, 4) is 10.6 Å². The fourth-order valence-electron chi connectivity index (χ4n) is 0.849. The third kappa shape index (κ3) is 1.54. The molecule has 0 saturated heterocycles. The number of hydrogen-bond acceptors (Lipinski definition) is 3. The van der Waals surface area contributed by atoms with Gasteiger partial charge in [-0.05, 0) is 39.6 Å². The van der Waals surface area contributed by atoms with E-state index in [2.05, 4.69) is 31.4 Å². The molecule has 1 heterocycles. The third-order valence-electron chi connectivity index (χ3n) is 1.36. The van der Waals surface area contributed by atoms with E-state index in [-0.39, 0.29) is 0 Å². The molecule has 1 radical (unpaired) electrons. The Balaban J connectivity index is 2.45. The van der Waals surface area contributed by atoms with Crippen molar-refractivity contribution in [1.82, 2.24) is 9.36 Å². The molecular formula is C8H4BrN2S. The molecule has 0 N–H and O–H groups in total. The smallest absolute Gasteiger partial charge is 0.209 e. The van der Waals surface area contributed by atoms with Gasteiger partial charge in [-0.2, -0.15) is 4.37 Å². The van der Waals surface area contributed by atoms with Crippen LogP contribution in [0.25, 0.3) is 10.6 Å². The molecule has 1 aromatic heterocycles. The Morgan fingerprint density at radius 3 is 3.00 bits per heavy atom. The zero-order valence-electron chi connectivity index (χ0n) is 5.99. The normalized spacial score (nSPS) is 10.1. The van der Waals surface area contributed by atoms with E-state index < -0.39 is 0 Å². The van der Waals surface area contributed by atoms with Crippen LogP contribution in [-0.4, -0.2) is 9.36 Å². The molecule has 2 rings (SSSR count). The predicted octanol–water partition coefficient (Wildman–Crippen LogP) is 2.77. The fourth-order valence-corrected chi connectivity index (χ4v) is 1.92. The first-order valence-corrected chi connectivity index (χ1v) is 4.88. The van der Waals surface area contributed by atoms with Crippen LogP contribution < -0.4 is 0 Å². The summed E-state index contributed by atoms with van der Waals surface area (Å²) in [4.78, 5) is 4.19. The summed E-state index contributed by atoms with van der Waals surface area (Å²) in [6.45, 7) is 0. The Kier molecular flexibility index (Phi) is 2.19. The number of aromatic nitrogens is 2. The molecule has 0 bridgehead atoms. The molecule has 2 nitrogen and oxygen atoms in total. The molecule has 0 aliphatic rings. The van der Waals surface area contributed by atoms with Gasteiger partial charge in [-0.1, -0.05) is 18.2 Å². The van der Waals surface area contributed by atoms with Crippen molar-refractivity contribution in [2.75, 3.05) is 0 Å². The van der Waals surface area contributed by atoms with Gasteiger partial charge in [0.1, 0.15) is 5.01 Å². The molecule has 1 aromatic carbocycles. The van der Waals surface area contributed by atoms with E-state index in [1.807, 2.05) is 24.3 Å². The molecule has 0 fully saturated rings. The minimum Gasteiger partial charge on any atom is -0.209 e. The van der Waals surface area contributed by atoms with E-state index in [1.54, 1.807) is 0 Å². The lowest BCUT2D eigenvalue weighted by Gasteiger charge is -1.90. The molecule has 0 aliphatic carbocycles. The Morgan fingerprint density at radius 1 is 1.50 bits per heavy atom. The van der Waals surface area contributed by atoms with Crippen LogP contribution in [0, 0.1) is 6.07 Å². The lowest BCUT2D eigenvalue weighted by atomic mass is 10.2. The standard InChI is InChI=1S/C8H4BrN2S/c9-8-10-7(12-11-8)6-4-2-1-3-5-6/h1-2,4-5H. The summed E-state index contributed by atoms with van der Waals surface area (Å²) in [6.07, 6.45) is 0. The summed E-state index contributed by atoms with van der Waals surface area (Å²) in [5.41, 5.74) is 1.06. The summed E-state index contributed by atoms with van der Waals surface area (Å²) in [7, 11) is 0. The second kappa shape index (κ2) is 3.33. The maximum absolute atomic E-state index is 4.19. The highest BCUT2D eigenvalue weighted by Crippen LogP contribution is 2.22. The zero-order valence-corrected chi connectivity index (χ0v) is 8.39. The van der Waals surface area contributed by atoms with Crippen LogP contribution in [0.5, 0.6) is 0 Å². The minimum absolute atomic E-state index is 0.645. The van der Waals surface area contributed by atoms with Crippen LogP contribution in [-0.2, 0) is 0 Å². The first kappa shape index (κ1) is 7.89. The van der Waals surface area contributed by atoms with Crippen molar-refractivity contribution in [2.24, 2.45) is 0 Å². The average molecular weight is 240 g/mol. The van der Waals surface area contributed by atoms with Gasteiger partial charge >= 0.3 is 0 Å². The number of benzene rings is 1. The van der Waals surface area contributed by atoms with Crippen LogP contribution in [0.2, 0.25) is 0 Å². The summed E-state index contributed by atoms with van der Waals surface area (Å²) >= 11 is 4.58. The Bertz CT molecular complexity index is 372. The van der Waals surface area contributed by atoms with Crippen molar-refractivity contribution in [2.45, 2.75) is 0 Å². The first-order valence-electron chi connectivity index (χ1n) is 3.32. The van der Waals surface area contributed by atoms with E-state index in [1.165, 1.54) is 11.5 Å². The van der Waals surface area contributed by atoms with Gasteiger partial charge in [0.05, 0.1) is 0 Å². The maximum atomic E-state index is 4.19. The molecule has 2 aromatic rings. The van der Waals surface area contributed by atoms with Crippen LogP contribution in [0.1, 0.15) is 0 Å². The van der Waals surface area contributed by atoms with Crippen molar-refractivity contribution >= 4 is 27.5 Å². The SMILES string of the molecule is Brc1nsc(-c2c[c]ccc2)n1. The van der Waals surface area contributed by atoms with Gasteiger partial charge < -0.3 is 0 Å². The Morgan fingerprint density at radius 2 is 2.42 bits per heavy atom. The van der Waals surface area contributed by atoms with E-state index in [0.717, 1.165) is 10.6 Å². The number of nitrogens with zero attached hydrogens (tertiary/aromatic N) is 2. The monoisotopic (exact) mass is 239 g/mol. The van der Waals surface area contributed by atoms with Gasteiger partial charge in [0, 0.05) is 5.56 Å². The quantitative estimate of drug-likeness (QED) is 0.765. The molecule has 0 unspecified atom stereocenters. The summed E-state index contributed by atoms with van der Waals surface area (Å²) in [5, 5.41) is 0.915. The molecule has 0 spiro atoms. The highest BCUT2D eigenvalue weighted by molar-refractivity contribution is 9.10. The predicted molar refractivity (Wildman–Crippen MR) is 51.9 cm³/mol. The molecule has 0 amide bonds. The van der Waals surface area contributed by atoms with Crippen molar-refractivity contribution < 1.29 is 0 Å². The summed E-state index contributed by atoms with van der Waals surface area (Å²) < 4.78 is 4.67. The van der Waals surface area contributed by atoms with Gasteiger partial charge in [0.2, 0.25) is 4.73 Å². The van der Waals surface area contributed by atoms with Crippen LogP contribution in [0.15, 0.2) is 29.0 Å². The van der Waals surface area contributed by atoms with Crippen molar-refractivity contribution in [1.29, 1.82) is 0 Å². The summed E-state index contributed by atoms with van der Waals surface area (Å²) in [5.74, 6) is 0. The van der Waals surface area contributed by atoms with Gasteiger partial charge in [-0.15, -0.1) is 0 Å². The zero-order chi connectivity index (χ0) is 8.39. The lowest BCUT2D eigenvalue weighted by molar-refractivity contribution is 1.26. The van der Waals surface area contributed by atoms with Crippen LogP contribution in [0.4, 0.5) is 0 Å². The van der Waals surface area contributed by atoms with E-state index in [9.17, 15) is 0 Å². The molecule has 59 valence electrons.